The zero-order valence-corrected chi connectivity index (χ0v) is 33.9. The molecule has 61 heavy (non-hydrogen) atoms. The Bertz CT molecular complexity index is 2570. The van der Waals surface area contributed by atoms with Gasteiger partial charge in [0.1, 0.15) is 34.7 Å². The van der Waals surface area contributed by atoms with Gasteiger partial charge in [-0.25, -0.2) is 14.9 Å². The first-order valence-corrected chi connectivity index (χ1v) is 19.3. The van der Waals surface area contributed by atoms with E-state index in [1.165, 1.54) is 0 Å². The number of nitrogens with two attached hydrogens (primary N) is 2. The SMILES string of the molecule is COc1ccc(N(c2ccc(OC)cc2)c2ccc(C3=NC4=CC=CC5=NC(c6ccc(N(c7ccc(OC)cc7)c7ccc(OC)cc7)cc6N)=NC(=N3)N45)c(N)c2)cc1. The molecule has 6 aromatic rings. The number of anilines is 8. The van der Waals surface area contributed by atoms with Gasteiger partial charge < -0.3 is 40.2 Å². The van der Waals surface area contributed by atoms with Crippen LogP contribution < -0.4 is 40.2 Å². The fourth-order valence-electron chi connectivity index (χ4n) is 7.29. The molecule has 0 saturated heterocycles. The van der Waals surface area contributed by atoms with Crippen molar-refractivity contribution in [3.05, 3.63) is 169 Å². The Hall–Kier alpha value is -8.32. The molecule has 0 saturated carbocycles. The van der Waals surface area contributed by atoms with Crippen LogP contribution in [0.3, 0.4) is 0 Å². The van der Waals surface area contributed by atoms with Crippen molar-refractivity contribution in [3.8, 4) is 23.0 Å². The number of amidine groups is 3. The van der Waals surface area contributed by atoms with Gasteiger partial charge in [0, 0.05) is 56.6 Å². The molecular weight excluding hydrogens is 767 g/mol. The zero-order valence-electron chi connectivity index (χ0n) is 33.9. The highest BCUT2D eigenvalue weighted by Crippen LogP contribution is 2.40. The lowest BCUT2D eigenvalue weighted by Gasteiger charge is -2.32. The predicted octanol–water partition coefficient (Wildman–Crippen LogP) is 9.51. The molecule has 3 aliphatic heterocycles. The molecule has 302 valence electrons. The van der Waals surface area contributed by atoms with Crippen LogP contribution in [0, 0.1) is 0 Å². The smallest absolute Gasteiger partial charge is 0.241 e. The Morgan fingerprint density at radius 3 is 1.20 bits per heavy atom. The van der Waals surface area contributed by atoms with Crippen LogP contribution in [0.25, 0.3) is 0 Å². The van der Waals surface area contributed by atoms with Crippen molar-refractivity contribution >= 4 is 69.0 Å². The summed E-state index contributed by atoms with van der Waals surface area (Å²) in [5.41, 5.74) is 21.4. The first-order chi connectivity index (χ1) is 29.8. The summed E-state index contributed by atoms with van der Waals surface area (Å²) in [4.78, 5) is 25.8. The molecule has 0 aromatic heterocycles. The number of ether oxygens (including phenoxy) is 4. The number of hydrogen-bond acceptors (Lipinski definition) is 13. The molecule has 6 aromatic carbocycles. The van der Waals surface area contributed by atoms with Crippen LogP contribution in [0.2, 0.25) is 0 Å². The number of guanidine groups is 1. The van der Waals surface area contributed by atoms with Crippen molar-refractivity contribution in [1.29, 1.82) is 0 Å². The maximum absolute atomic E-state index is 6.87. The van der Waals surface area contributed by atoms with Gasteiger partial charge in [0.2, 0.25) is 5.96 Å². The van der Waals surface area contributed by atoms with Crippen molar-refractivity contribution in [3.63, 3.8) is 0 Å². The van der Waals surface area contributed by atoms with E-state index in [0.29, 0.717) is 51.8 Å². The van der Waals surface area contributed by atoms with Crippen LogP contribution in [0.5, 0.6) is 23.0 Å². The molecule has 0 aliphatic carbocycles. The van der Waals surface area contributed by atoms with Crippen molar-refractivity contribution in [2.45, 2.75) is 0 Å². The maximum Gasteiger partial charge on any atom is 0.241 e. The highest BCUT2D eigenvalue weighted by Gasteiger charge is 2.32. The summed E-state index contributed by atoms with van der Waals surface area (Å²) in [5.74, 6) is 5.48. The van der Waals surface area contributed by atoms with Gasteiger partial charge in [0.05, 0.1) is 28.4 Å². The highest BCUT2D eigenvalue weighted by molar-refractivity contribution is 6.26. The van der Waals surface area contributed by atoms with Gasteiger partial charge in [0.15, 0.2) is 11.7 Å². The van der Waals surface area contributed by atoms with Crippen molar-refractivity contribution < 1.29 is 18.9 Å². The number of allylic oxidation sites excluding steroid dienone is 2. The maximum atomic E-state index is 6.87. The number of rotatable bonds is 12. The molecule has 0 amide bonds. The number of benzene rings is 6. The molecule has 13 heteroatoms. The quantitative estimate of drug-likeness (QED) is 0.115. The van der Waals surface area contributed by atoms with Gasteiger partial charge in [-0.05, 0) is 146 Å². The monoisotopic (exact) mass is 807 g/mol. The Kier molecular flexibility index (Phi) is 10.1. The molecular formula is C48H41N9O4. The highest BCUT2D eigenvalue weighted by atomic mass is 16.5. The van der Waals surface area contributed by atoms with Crippen molar-refractivity contribution in [2.24, 2.45) is 20.0 Å². The second-order valence-corrected chi connectivity index (χ2v) is 14.0. The first-order valence-electron chi connectivity index (χ1n) is 19.3. The third-order valence-corrected chi connectivity index (χ3v) is 10.4. The zero-order chi connectivity index (χ0) is 42.0. The molecule has 3 heterocycles. The van der Waals surface area contributed by atoms with Crippen LogP contribution >= 0.6 is 0 Å². The standard InChI is InChI=1S/C48H41N9O4/c1-58-36-18-8-30(9-19-36)55(31-10-20-37(59-2)21-11-31)34-16-26-40(42(49)28-34)46-51-44-6-5-7-45-52-47(54-48(53-46)57(44)45)41-27-17-35(29-43(41)50)56(32-12-22-38(60-3)23-13-32)33-14-24-39(61-4)25-15-33/h5-29H,49-50H2,1-4H3. The summed E-state index contributed by atoms with van der Waals surface area (Å²) < 4.78 is 21.7. The molecule has 0 radical (unpaired) electrons. The van der Waals surface area contributed by atoms with Gasteiger partial charge in [0.25, 0.3) is 0 Å². The predicted molar refractivity (Wildman–Crippen MR) is 244 cm³/mol. The Labute approximate surface area is 353 Å². The average molecular weight is 808 g/mol. The van der Waals surface area contributed by atoms with Crippen LogP contribution in [-0.4, -0.2) is 56.8 Å². The minimum atomic E-state index is 0.392. The van der Waals surface area contributed by atoms with Gasteiger partial charge in [-0.2, -0.15) is 9.98 Å². The summed E-state index contributed by atoms with van der Waals surface area (Å²) >= 11 is 0. The van der Waals surface area contributed by atoms with Gasteiger partial charge in [-0.15, -0.1) is 0 Å². The Morgan fingerprint density at radius 1 is 0.443 bits per heavy atom. The number of hydrogen-bond donors (Lipinski definition) is 2. The second-order valence-electron chi connectivity index (χ2n) is 14.0. The minimum Gasteiger partial charge on any atom is -0.497 e. The topological polar surface area (TPSA) is 148 Å². The Morgan fingerprint density at radius 2 is 0.820 bits per heavy atom. The van der Waals surface area contributed by atoms with Gasteiger partial charge in [-0.1, -0.05) is 6.08 Å². The summed E-state index contributed by atoms with van der Waals surface area (Å²) in [6.07, 6.45) is 5.69. The van der Waals surface area contributed by atoms with Crippen LogP contribution in [0.1, 0.15) is 11.1 Å². The van der Waals surface area contributed by atoms with E-state index < -0.39 is 0 Å². The molecule has 9 rings (SSSR count). The van der Waals surface area contributed by atoms with E-state index in [1.807, 2.05) is 157 Å². The lowest BCUT2D eigenvalue weighted by atomic mass is 10.1. The first kappa shape index (κ1) is 38.2. The van der Waals surface area contributed by atoms with E-state index >= 15 is 0 Å². The molecule has 0 spiro atoms. The van der Waals surface area contributed by atoms with Crippen LogP contribution in [0.4, 0.5) is 45.5 Å². The summed E-state index contributed by atoms with van der Waals surface area (Å²) in [6.45, 7) is 0. The largest absolute Gasteiger partial charge is 0.497 e. The normalized spacial score (nSPS) is 13.8. The third-order valence-electron chi connectivity index (χ3n) is 10.4. The van der Waals surface area contributed by atoms with Gasteiger partial charge >= 0.3 is 0 Å². The molecule has 3 aliphatic rings. The number of nitrogens with zero attached hydrogens (tertiary/aromatic N) is 7. The van der Waals surface area contributed by atoms with E-state index in [2.05, 4.69) is 9.80 Å². The van der Waals surface area contributed by atoms with Gasteiger partial charge in [-0.3, -0.25) is 0 Å². The number of methoxy groups -OCH3 is 4. The summed E-state index contributed by atoms with van der Waals surface area (Å²) in [6, 6.07) is 43.1. The van der Waals surface area contributed by atoms with Crippen molar-refractivity contribution in [2.75, 3.05) is 49.7 Å². The Balaban J connectivity index is 1.06. The fraction of sp³-hybridized carbons (Fsp3) is 0.0833. The van der Waals surface area contributed by atoms with E-state index in [4.69, 9.17) is 50.4 Å². The number of nitrogen functional groups attached to an aromatic ring is 2. The summed E-state index contributed by atoms with van der Waals surface area (Å²) in [5, 5.41) is 0. The number of aliphatic imine (C=N–C) groups is 4. The molecule has 0 bridgehead atoms. The summed E-state index contributed by atoms with van der Waals surface area (Å²) in [7, 11) is 6.59. The third kappa shape index (κ3) is 7.36. The molecule has 4 N–H and O–H groups in total. The minimum absolute atomic E-state index is 0.392. The lowest BCUT2D eigenvalue weighted by molar-refractivity contribution is 0.414. The molecule has 0 atom stereocenters. The van der Waals surface area contributed by atoms with Crippen LogP contribution in [-0.2, 0) is 0 Å². The van der Waals surface area contributed by atoms with Crippen LogP contribution in [0.15, 0.2) is 177 Å². The van der Waals surface area contributed by atoms with E-state index in [-0.39, 0.29) is 0 Å². The van der Waals surface area contributed by atoms with E-state index in [9.17, 15) is 0 Å². The van der Waals surface area contributed by atoms with Crippen molar-refractivity contribution in [1.82, 2.24) is 4.90 Å². The van der Waals surface area contributed by atoms with E-state index in [0.717, 1.165) is 57.1 Å². The molecule has 13 nitrogen and oxygen atoms in total. The fourth-order valence-corrected chi connectivity index (χ4v) is 7.29. The van der Waals surface area contributed by atoms with E-state index in [1.54, 1.807) is 28.4 Å². The second kappa shape index (κ2) is 16.1. The lowest BCUT2D eigenvalue weighted by Crippen LogP contribution is -2.41. The average Bonchev–Trinajstić information content (AvgIpc) is 3.30. The molecule has 0 unspecified atom stereocenters. The molecule has 0 fully saturated rings.